The van der Waals surface area contributed by atoms with Gasteiger partial charge in [0.2, 0.25) is 0 Å². The second-order valence-electron chi connectivity index (χ2n) is 6.51. The van der Waals surface area contributed by atoms with Crippen LogP contribution in [0, 0.1) is 0 Å². The normalized spacial score (nSPS) is 14.8. The van der Waals surface area contributed by atoms with E-state index < -0.39 is 0 Å². The van der Waals surface area contributed by atoms with Gasteiger partial charge in [0.1, 0.15) is 11.6 Å². The third-order valence-electron chi connectivity index (χ3n) is 4.86. The van der Waals surface area contributed by atoms with Gasteiger partial charge in [-0.25, -0.2) is 0 Å². The molecule has 0 saturated carbocycles. The Labute approximate surface area is 154 Å². The predicted octanol–water partition coefficient (Wildman–Crippen LogP) is 1.98. The van der Waals surface area contributed by atoms with E-state index in [4.69, 9.17) is 4.52 Å². The van der Waals surface area contributed by atoms with Gasteiger partial charge in [0.15, 0.2) is 11.8 Å². The molecule has 0 saturated heterocycles. The van der Waals surface area contributed by atoms with Crippen LogP contribution >= 0.6 is 0 Å². The van der Waals surface area contributed by atoms with Gasteiger partial charge < -0.3 is 19.7 Å². The van der Waals surface area contributed by atoms with E-state index in [1.54, 1.807) is 7.05 Å². The number of aromatic nitrogens is 4. The summed E-state index contributed by atoms with van der Waals surface area (Å²) in [7, 11) is 1.77. The Balaban J connectivity index is 1.59. The number of aryl methyl sites for hydroxylation is 3. The molecule has 1 aliphatic rings. The van der Waals surface area contributed by atoms with E-state index in [2.05, 4.69) is 49.4 Å². The second kappa shape index (κ2) is 8.82. The van der Waals surface area contributed by atoms with Crippen LogP contribution in [0.1, 0.15) is 61.8 Å². The quantitative estimate of drug-likeness (QED) is 0.605. The van der Waals surface area contributed by atoms with Gasteiger partial charge in [-0.05, 0) is 19.3 Å². The zero-order valence-corrected chi connectivity index (χ0v) is 16.0. The molecule has 0 aromatic carbocycles. The van der Waals surface area contributed by atoms with Crippen LogP contribution in [-0.4, -0.2) is 32.9 Å². The fourth-order valence-corrected chi connectivity index (χ4v) is 3.37. The molecule has 0 bridgehead atoms. The monoisotopic (exact) mass is 359 g/mol. The van der Waals surface area contributed by atoms with Gasteiger partial charge in [-0.1, -0.05) is 25.4 Å². The standard InChI is InChI=1S/C18H29N7O/c1-4-14-13(15(5-2)26-24-14)11-20-18(19-3)21-12-17-23-22-16-9-7-6-8-10-25(16)17/h4-12H2,1-3H3,(H2,19,20,21). The minimum absolute atomic E-state index is 0.609. The van der Waals surface area contributed by atoms with Crippen molar-refractivity contribution < 1.29 is 4.52 Å². The first-order valence-electron chi connectivity index (χ1n) is 9.58. The zero-order valence-electron chi connectivity index (χ0n) is 16.0. The first kappa shape index (κ1) is 18.4. The number of hydrogen-bond acceptors (Lipinski definition) is 5. The average Bonchev–Trinajstić information content (AvgIpc) is 3.17. The third-order valence-corrected chi connectivity index (χ3v) is 4.86. The fourth-order valence-electron chi connectivity index (χ4n) is 3.37. The summed E-state index contributed by atoms with van der Waals surface area (Å²) in [4.78, 5) is 4.31. The van der Waals surface area contributed by atoms with Gasteiger partial charge in [-0.15, -0.1) is 10.2 Å². The number of nitrogens with zero attached hydrogens (tertiary/aromatic N) is 5. The molecule has 3 heterocycles. The van der Waals surface area contributed by atoms with Crippen molar-refractivity contribution in [3.8, 4) is 0 Å². The first-order valence-corrected chi connectivity index (χ1v) is 9.58. The van der Waals surface area contributed by atoms with Gasteiger partial charge >= 0.3 is 0 Å². The summed E-state index contributed by atoms with van der Waals surface area (Å²) < 4.78 is 7.67. The zero-order chi connectivity index (χ0) is 18.4. The van der Waals surface area contributed by atoms with Crippen LogP contribution < -0.4 is 10.6 Å². The largest absolute Gasteiger partial charge is 0.361 e. The number of aliphatic imine (C=N–C) groups is 1. The van der Waals surface area contributed by atoms with Crippen molar-refractivity contribution in [3.05, 3.63) is 28.7 Å². The Bertz CT molecular complexity index is 725. The number of rotatable bonds is 6. The Hall–Kier alpha value is -2.38. The van der Waals surface area contributed by atoms with Crippen LogP contribution in [0.4, 0.5) is 0 Å². The fraction of sp³-hybridized carbons (Fsp3) is 0.667. The molecule has 0 spiro atoms. The summed E-state index contributed by atoms with van der Waals surface area (Å²) in [6, 6.07) is 0. The number of fused-ring (bicyclic) bond motifs is 1. The van der Waals surface area contributed by atoms with E-state index in [0.717, 1.165) is 60.4 Å². The van der Waals surface area contributed by atoms with Crippen molar-refractivity contribution in [1.29, 1.82) is 0 Å². The minimum atomic E-state index is 0.609. The Morgan fingerprint density at radius 2 is 1.96 bits per heavy atom. The van der Waals surface area contributed by atoms with Crippen molar-refractivity contribution in [2.24, 2.45) is 4.99 Å². The number of guanidine groups is 1. The number of hydrogen-bond donors (Lipinski definition) is 2. The summed E-state index contributed by atoms with van der Waals surface area (Å²) in [6.45, 7) is 6.43. The molecule has 8 nitrogen and oxygen atoms in total. The molecule has 2 aromatic rings. The van der Waals surface area contributed by atoms with E-state index >= 15 is 0 Å². The Morgan fingerprint density at radius 1 is 1.12 bits per heavy atom. The molecule has 2 aromatic heterocycles. The maximum atomic E-state index is 5.42. The summed E-state index contributed by atoms with van der Waals surface area (Å²) in [6.07, 6.45) is 6.37. The molecule has 0 aliphatic carbocycles. The second-order valence-corrected chi connectivity index (χ2v) is 6.51. The minimum Gasteiger partial charge on any atom is -0.361 e. The van der Waals surface area contributed by atoms with Crippen molar-refractivity contribution in [2.45, 2.75) is 72.0 Å². The molecule has 2 N–H and O–H groups in total. The average molecular weight is 359 g/mol. The van der Waals surface area contributed by atoms with Crippen LogP contribution in [0.25, 0.3) is 0 Å². The molecule has 0 amide bonds. The molecule has 8 heteroatoms. The lowest BCUT2D eigenvalue weighted by Gasteiger charge is -2.13. The Morgan fingerprint density at radius 3 is 2.73 bits per heavy atom. The molecular formula is C18H29N7O. The smallest absolute Gasteiger partial charge is 0.191 e. The predicted molar refractivity (Wildman–Crippen MR) is 99.9 cm³/mol. The molecule has 3 rings (SSSR count). The van der Waals surface area contributed by atoms with Crippen LogP contribution in [0.5, 0.6) is 0 Å². The van der Waals surface area contributed by atoms with Crippen molar-refractivity contribution in [1.82, 2.24) is 30.6 Å². The van der Waals surface area contributed by atoms with Gasteiger partial charge in [-0.2, -0.15) is 0 Å². The molecule has 1 aliphatic heterocycles. The van der Waals surface area contributed by atoms with Gasteiger partial charge in [0, 0.05) is 38.5 Å². The Kier molecular flexibility index (Phi) is 6.25. The lowest BCUT2D eigenvalue weighted by molar-refractivity contribution is 0.380. The molecule has 0 radical (unpaired) electrons. The lowest BCUT2D eigenvalue weighted by Crippen LogP contribution is -2.37. The summed E-state index contributed by atoms with van der Waals surface area (Å²) in [5.74, 6) is 3.75. The molecule has 0 unspecified atom stereocenters. The highest BCUT2D eigenvalue weighted by Gasteiger charge is 2.16. The van der Waals surface area contributed by atoms with Gasteiger partial charge in [0.05, 0.1) is 12.2 Å². The SMILES string of the molecule is CCc1noc(CC)c1CNC(=NC)NCc1nnc2n1CCCCC2. The van der Waals surface area contributed by atoms with Crippen LogP contribution in [-0.2, 0) is 38.9 Å². The maximum absolute atomic E-state index is 5.42. The summed E-state index contributed by atoms with van der Waals surface area (Å²) in [5.41, 5.74) is 2.14. The molecule has 26 heavy (non-hydrogen) atoms. The van der Waals surface area contributed by atoms with Crippen LogP contribution in [0.15, 0.2) is 9.52 Å². The highest BCUT2D eigenvalue weighted by atomic mass is 16.5. The maximum Gasteiger partial charge on any atom is 0.191 e. The van der Waals surface area contributed by atoms with Crippen molar-refractivity contribution in [3.63, 3.8) is 0 Å². The highest BCUT2D eigenvalue weighted by molar-refractivity contribution is 5.79. The summed E-state index contributed by atoms with van der Waals surface area (Å²) in [5, 5.41) is 19.6. The molecular weight excluding hydrogens is 330 g/mol. The van der Waals surface area contributed by atoms with Gasteiger partial charge in [-0.3, -0.25) is 4.99 Å². The van der Waals surface area contributed by atoms with E-state index in [9.17, 15) is 0 Å². The topological polar surface area (TPSA) is 93.2 Å². The lowest BCUT2D eigenvalue weighted by atomic mass is 10.1. The van der Waals surface area contributed by atoms with Crippen LogP contribution in [0.2, 0.25) is 0 Å². The van der Waals surface area contributed by atoms with E-state index in [1.807, 2.05) is 0 Å². The highest BCUT2D eigenvalue weighted by Crippen LogP contribution is 2.16. The van der Waals surface area contributed by atoms with Crippen molar-refractivity contribution in [2.75, 3.05) is 7.05 Å². The first-order chi connectivity index (χ1) is 12.8. The van der Waals surface area contributed by atoms with Crippen LogP contribution in [0.3, 0.4) is 0 Å². The van der Waals surface area contributed by atoms with Crippen molar-refractivity contribution >= 4 is 5.96 Å². The summed E-state index contributed by atoms with van der Waals surface area (Å²) >= 11 is 0. The number of nitrogens with one attached hydrogen (secondary N) is 2. The molecule has 142 valence electrons. The van der Waals surface area contributed by atoms with E-state index in [1.165, 1.54) is 19.3 Å². The van der Waals surface area contributed by atoms with E-state index in [-0.39, 0.29) is 0 Å². The molecule has 0 atom stereocenters. The molecule has 0 fully saturated rings. The van der Waals surface area contributed by atoms with E-state index in [0.29, 0.717) is 13.1 Å². The third kappa shape index (κ3) is 4.05. The van der Waals surface area contributed by atoms with Gasteiger partial charge in [0.25, 0.3) is 0 Å².